The molecule has 0 radical (unpaired) electrons. The van der Waals surface area contributed by atoms with Crippen LogP contribution in [-0.4, -0.2) is 87.5 Å². The lowest BCUT2D eigenvalue weighted by atomic mass is 9.99. The van der Waals surface area contributed by atoms with Crippen molar-refractivity contribution in [2.75, 3.05) is 13.2 Å². The van der Waals surface area contributed by atoms with Gasteiger partial charge in [0.15, 0.2) is 6.29 Å². The van der Waals surface area contributed by atoms with Gasteiger partial charge in [-0.1, -0.05) is 334 Å². The highest BCUT2D eigenvalue weighted by molar-refractivity contribution is 5.76. The summed E-state index contributed by atoms with van der Waals surface area (Å²) in [5, 5.41) is 54.9. The summed E-state index contributed by atoms with van der Waals surface area (Å²) in [5.41, 5.74) is 0. The Labute approximate surface area is 489 Å². The molecule has 6 N–H and O–H groups in total. The average molecular weight is 1120 g/mol. The van der Waals surface area contributed by atoms with Crippen molar-refractivity contribution < 1.29 is 39.8 Å². The topological polar surface area (TPSA) is 149 Å². The summed E-state index contributed by atoms with van der Waals surface area (Å²) in [5.74, 6) is -0.140. The van der Waals surface area contributed by atoms with Gasteiger partial charge >= 0.3 is 0 Å². The van der Waals surface area contributed by atoms with Crippen LogP contribution in [0.15, 0.2) is 24.3 Å². The van der Waals surface area contributed by atoms with Crippen LogP contribution in [0, 0.1) is 0 Å². The highest BCUT2D eigenvalue weighted by Crippen LogP contribution is 2.24. The van der Waals surface area contributed by atoms with Crippen LogP contribution in [0.3, 0.4) is 0 Å². The molecular weight excluding hydrogens is 983 g/mol. The van der Waals surface area contributed by atoms with Crippen molar-refractivity contribution in [1.82, 2.24) is 5.32 Å². The van der Waals surface area contributed by atoms with Crippen LogP contribution in [0.2, 0.25) is 0 Å². The van der Waals surface area contributed by atoms with Crippen LogP contribution in [0.1, 0.15) is 361 Å². The van der Waals surface area contributed by atoms with Gasteiger partial charge in [0.05, 0.1) is 25.4 Å². The smallest absolute Gasteiger partial charge is 0.220 e. The van der Waals surface area contributed by atoms with Crippen molar-refractivity contribution in [1.29, 1.82) is 0 Å². The summed E-state index contributed by atoms with van der Waals surface area (Å²) >= 11 is 0. The molecule has 9 heteroatoms. The molecule has 79 heavy (non-hydrogen) atoms. The number of nitrogens with one attached hydrogen (secondary N) is 1. The Kier molecular flexibility index (Phi) is 57.3. The minimum Gasteiger partial charge on any atom is -0.394 e. The molecule has 7 atom stereocenters. The predicted octanol–water partition coefficient (Wildman–Crippen LogP) is 18.9. The number of aliphatic hydroxyl groups excluding tert-OH is 5. The molecule has 0 spiro atoms. The fourth-order valence-corrected chi connectivity index (χ4v) is 11.6. The third-order valence-corrected chi connectivity index (χ3v) is 17.1. The number of carbonyl (C=O) groups excluding carboxylic acids is 1. The Bertz CT molecular complexity index is 1300. The maximum atomic E-state index is 13.1. The van der Waals surface area contributed by atoms with Crippen molar-refractivity contribution in [2.45, 2.75) is 403 Å². The van der Waals surface area contributed by atoms with Gasteiger partial charge in [0.1, 0.15) is 24.4 Å². The minimum absolute atomic E-state index is 0.135. The minimum atomic E-state index is -1.55. The van der Waals surface area contributed by atoms with E-state index in [4.69, 9.17) is 9.47 Å². The SMILES string of the molecule is CCCCCCC/C=C\C/C=C\CCCCCCCCCCCCCC(=O)NC(COC1OC(CO)C(O)C(O)C1O)C(O)CCCCCCCCCCCCCCCCCCCCCCCCCCCCCCCCCCC. The summed E-state index contributed by atoms with van der Waals surface area (Å²) in [4.78, 5) is 13.1. The average Bonchev–Trinajstić information content (AvgIpc) is 3.47. The molecule has 9 nitrogen and oxygen atoms in total. The Hall–Kier alpha value is -1.33. The Morgan fingerprint density at radius 3 is 1.09 bits per heavy atom. The lowest BCUT2D eigenvalue weighted by Crippen LogP contribution is -2.60. The van der Waals surface area contributed by atoms with E-state index < -0.39 is 49.5 Å². The van der Waals surface area contributed by atoms with Gasteiger partial charge in [-0.05, 0) is 44.9 Å². The molecule has 7 unspecified atom stereocenters. The number of ether oxygens (including phenoxy) is 2. The van der Waals surface area contributed by atoms with Gasteiger partial charge in [-0.3, -0.25) is 4.79 Å². The number of hydrogen-bond donors (Lipinski definition) is 6. The van der Waals surface area contributed by atoms with Crippen molar-refractivity contribution in [2.24, 2.45) is 0 Å². The summed E-state index contributed by atoms with van der Waals surface area (Å²) in [6.07, 6.45) is 71.1. The number of amides is 1. The van der Waals surface area contributed by atoms with Gasteiger partial charge in [-0.15, -0.1) is 0 Å². The van der Waals surface area contributed by atoms with E-state index in [-0.39, 0.29) is 12.5 Å². The van der Waals surface area contributed by atoms with E-state index in [9.17, 15) is 30.3 Å². The van der Waals surface area contributed by atoms with Gasteiger partial charge in [0.25, 0.3) is 0 Å². The first-order valence-corrected chi connectivity index (χ1v) is 35.0. The van der Waals surface area contributed by atoms with Crippen molar-refractivity contribution in [3.63, 3.8) is 0 Å². The largest absolute Gasteiger partial charge is 0.394 e. The molecule has 1 rings (SSSR count). The number of unbranched alkanes of at least 4 members (excludes halogenated alkanes) is 48. The summed E-state index contributed by atoms with van der Waals surface area (Å²) in [7, 11) is 0. The first kappa shape index (κ1) is 75.7. The lowest BCUT2D eigenvalue weighted by Gasteiger charge is -2.40. The zero-order chi connectivity index (χ0) is 57.2. The fourth-order valence-electron chi connectivity index (χ4n) is 11.6. The highest BCUT2D eigenvalue weighted by Gasteiger charge is 2.44. The molecule has 1 heterocycles. The van der Waals surface area contributed by atoms with E-state index in [1.807, 2.05) is 0 Å². The van der Waals surface area contributed by atoms with Gasteiger partial charge in [0.2, 0.25) is 5.91 Å². The summed E-state index contributed by atoms with van der Waals surface area (Å²) < 4.78 is 11.4. The van der Waals surface area contributed by atoms with Gasteiger partial charge < -0.3 is 40.3 Å². The second-order valence-electron chi connectivity index (χ2n) is 24.7. The molecular formula is C70H135NO8. The second-order valence-corrected chi connectivity index (χ2v) is 24.7. The zero-order valence-corrected chi connectivity index (χ0v) is 52.4. The van der Waals surface area contributed by atoms with Gasteiger partial charge in [0, 0.05) is 6.42 Å². The standard InChI is InChI=1S/C70H135NO8/c1-3-5-7-9-11-13-15-17-19-21-23-25-27-28-29-30-31-32-33-34-35-36-38-39-41-43-45-47-49-51-53-55-57-59-64(73)63(62-78-70-69(77)68(76)67(75)65(61-72)79-70)71-66(74)60-58-56-54-52-50-48-46-44-42-40-37-26-24-22-20-18-16-14-12-10-8-6-4-2/h16,18,22,24,63-65,67-70,72-73,75-77H,3-15,17,19-21,23,25-62H2,1-2H3,(H,71,74)/b18-16-,24-22-. The predicted molar refractivity (Wildman–Crippen MR) is 337 cm³/mol. The first-order chi connectivity index (χ1) is 38.8. The van der Waals surface area contributed by atoms with E-state index in [1.54, 1.807) is 0 Å². The number of hydrogen-bond acceptors (Lipinski definition) is 8. The molecule has 1 aliphatic heterocycles. The van der Waals surface area contributed by atoms with Gasteiger partial charge in [-0.2, -0.15) is 0 Å². The van der Waals surface area contributed by atoms with E-state index in [2.05, 4.69) is 43.5 Å². The summed E-state index contributed by atoms with van der Waals surface area (Å²) in [6.45, 7) is 3.88. The molecule has 1 fully saturated rings. The number of carbonyl (C=O) groups is 1. The van der Waals surface area contributed by atoms with E-state index in [0.717, 1.165) is 44.9 Å². The molecule has 0 aromatic rings. The van der Waals surface area contributed by atoms with Crippen LogP contribution in [0.4, 0.5) is 0 Å². The Morgan fingerprint density at radius 2 is 0.747 bits per heavy atom. The Morgan fingerprint density at radius 1 is 0.430 bits per heavy atom. The van der Waals surface area contributed by atoms with Crippen LogP contribution in [-0.2, 0) is 14.3 Å². The normalized spacial score (nSPS) is 18.6. The molecule has 468 valence electrons. The van der Waals surface area contributed by atoms with Crippen LogP contribution in [0.25, 0.3) is 0 Å². The highest BCUT2D eigenvalue weighted by atomic mass is 16.7. The molecule has 1 aliphatic rings. The number of rotatable bonds is 62. The van der Waals surface area contributed by atoms with E-state index >= 15 is 0 Å². The molecule has 0 bridgehead atoms. The lowest BCUT2D eigenvalue weighted by molar-refractivity contribution is -0.302. The quantitative estimate of drug-likeness (QED) is 0.0261. The molecule has 0 saturated carbocycles. The molecule has 1 amide bonds. The van der Waals surface area contributed by atoms with Crippen LogP contribution < -0.4 is 5.32 Å². The van der Waals surface area contributed by atoms with Crippen LogP contribution in [0.5, 0.6) is 0 Å². The van der Waals surface area contributed by atoms with E-state index in [1.165, 1.54) is 289 Å². The molecule has 0 aromatic carbocycles. The van der Waals surface area contributed by atoms with Crippen molar-refractivity contribution in [3.8, 4) is 0 Å². The van der Waals surface area contributed by atoms with Crippen molar-refractivity contribution >= 4 is 5.91 Å². The number of allylic oxidation sites excluding steroid dienone is 4. The molecule has 1 saturated heterocycles. The number of aliphatic hydroxyl groups is 5. The second kappa shape index (κ2) is 59.8. The fraction of sp³-hybridized carbons (Fsp3) is 0.929. The Balaban J connectivity index is 2.09. The molecule has 0 aliphatic carbocycles. The zero-order valence-electron chi connectivity index (χ0n) is 52.4. The summed E-state index contributed by atoms with van der Waals surface area (Å²) in [6, 6.07) is -0.721. The monoisotopic (exact) mass is 1120 g/mol. The maximum absolute atomic E-state index is 13.1. The van der Waals surface area contributed by atoms with E-state index in [0.29, 0.717) is 12.8 Å². The van der Waals surface area contributed by atoms with Crippen molar-refractivity contribution in [3.05, 3.63) is 24.3 Å². The first-order valence-electron chi connectivity index (χ1n) is 35.0. The van der Waals surface area contributed by atoms with Crippen LogP contribution >= 0.6 is 0 Å². The third kappa shape index (κ3) is 48.7. The third-order valence-electron chi connectivity index (χ3n) is 17.1. The maximum Gasteiger partial charge on any atom is 0.220 e. The van der Waals surface area contributed by atoms with Gasteiger partial charge in [-0.25, -0.2) is 0 Å². The molecule has 0 aromatic heterocycles.